The fourth-order valence-corrected chi connectivity index (χ4v) is 3.04. The Morgan fingerprint density at radius 2 is 1.72 bits per heavy atom. The molecule has 0 aliphatic rings. The van der Waals surface area contributed by atoms with Crippen LogP contribution >= 0.6 is 0 Å². The molecule has 6 nitrogen and oxygen atoms in total. The minimum Gasteiger partial charge on any atom is -0.492 e. The SMILES string of the molecule is CN(C)CCOc1ccc(NC(=O)c2ccccc2S(C)(=O)=O)cc1. The second-order valence-corrected chi connectivity index (χ2v) is 7.88. The number of carbonyl (C=O) groups is 1. The number of carbonyl (C=O) groups excluding carboxylic acids is 1. The number of hydrogen-bond acceptors (Lipinski definition) is 5. The van der Waals surface area contributed by atoms with Crippen molar-refractivity contribution in [1.82, 2.24) is 4.90 Å². The second kappa shape index (κ2) is 8.13. The molecule has 1 amide bonds. The highest BCUT2D eigenvalue weighted by atomic mass is 32.2. The molecule has 0 atom stereocenters. The Hall–Kier alpha value is -2.38. The van der Waals surface area contributed by atoms with Crippen LogP contribution in [0.1, 0.15) is 10.4 Å². The fourth-order valence-electron chi connectivity index (χ4n) is 2.16. The van der Waals surface area contributed by atoms with Crippen LogP contribution in [-0.2, 0) is 9.84 Å². The van der Waals surface area contributed by atoms with Crippen molar-refractivity contribution in [3.63, 3.8) is 0 Å². The van der Waals surface area contributed by atoms with Gasteiger partial charge in [0.05, 0.1) is 10.5 Å². The molecule has 0 bridgehead atoms. The van der Waals surface area contributed by atoms with E-state index in [2.05, 4.69) is 5.32 Å². The largest absolute Gasteiger partial charge is 0.492 e. The lowest BCUT2D eigenvalue weighted by Crippen LogP contribution is -2.19. The van der Waals surface area contributed by atoms with Gasteiger partial charge in [-0.2, -0.15) is 0 Å². The average Bonchev–Trinajstić information content (AvgIpc) is 2.55. The molecule has 0 aliphatic carbocycles. The van der Waals surface area contributed by atoms with Crippen molar-refractivity contribution < 1.29 is 17.9 Å². The highest BCUT2D eigenvalue weighted by molar-refractivity contribution is 7.90. The number of benzene rings is 2. The van der Waals surface area contributed by atoms with Gasteiger partial charge in [-0.25, -0.2) is 8.42 Å². The van der Waals surface area contributed by atoms with Crippen LogP contribution in [0.4, 0.5) is 5.69 Å². The summed E-state index contributed by atoms with van der Waals surface area (Å²) < 4.78 is 29.2. The first-order valence-electron chi connectivity index (χ1n) is 7.75. The first kappa shape index (κ1) is 19.0. The zero-order valence-electron chi connectivity index (χ0n) is 14.5. The number of ether oxygens (including phenoxy) is 1. The van der Waals surface area contributed by atoms with Gasteiger partial charge in [0.2, 0.25) is 0 Å². The third kappa shape index (κ3) is 5.58. The molecule has 2 aromatic carbocycles. The summed E-state index contributed by atoms with van der Waals surface area (Å²) in [6, 6.07) is 13.1. The Kier molecular flexibility index (Phi) is 6.17. The number of anilines is 1. The molecule has 0 fully saturated rings. The van der Waals surface area contributed by atoms with Crippen molar-refractivity contribution in [1.29, 1.82) is 0 Å². The quantitative estimate of drug-likeness (QED) is 0.818. The Balaban J connectivity index is 2.07. The predicted octanol–water partition coefficient (Wildman–Crippen LogP) is 2.28. The van der Waals surface area contributed by atoms with E-state index in [4.69, 9.17) is 4.74 Å². The van der Waals surface area contributed by atoms with Crippen LogP contribution in [0.25, 0.3) is 0 Å². The Morgan fingerprint density at radius 3 is 2.32 bits per heavy atom. The van der Waals surface area contributed by atoms with Crippen LogP contribution < -0.4 is 10.1 Å². The highest BCUT2D eigenvalue weighted by Gasteiger charge is 2.18. The summed E-state index contributed by atoms with van der Waals surface area (Å²) in [4.78, 5) is 14.4. The van der Waals surface area contributed by atoms with Crippen molar-refractivity contribution in [2.45, 2.75) is 4.90 Å². The van der Waals surface area contributed by atoms with Gasteiger partial charge in [-0.3, -0.25) is 4.79 Å². The standard InChI is InChI=1S/C18H22N2O4S/c1-20(2)12-13-24-15-10-8-14(9-11-15)19-18(21)16-6-4-5-7-17(16)25(3,22)23/h4-11H,12-13H2,1-3H3,(H,19,21). The summed E-state index contributed by atoms with van der Waals surface area (Å²) in [5.41, 5.74) is 0.685. The predicted molar refractivity (Wildman–Crippen MR) is 98.0 cm³/mol. The van der Waals surface area contributed by atoms with Crippen LogP contribution in [0, 0.1) is 0 Å². The Labute approximate surface area is 148 Å². The van der Waals surface area contributed by atoms with Crippen LogP contribution in [0.2, 0.25) is 0 Å². The van der Waals surface area contributed by atoms with E-state index in [-0.39, 0.29) is 10.5 Å². The van der Waals surface area contributed by atoms with Gasteiger partial charge in [0.15, 0.2) is 9.84 Å². The van der Waals surface area contributed by atoms with E-state index < -0.39 is 15.7 Å². The third-order valence-corrected chi connectivity index (χ3v) is 4.61. The summed E-state index contributed by atoms with van der Waals surface area (Å²) in [5, 5.41) is 2.71. The summed E-state index contributed by atoms with van der Waals surface area (Å²) in [6.45, 7) is 1.38. The van der Waals surface area contributed by atoms with Gasteiger partial charge < -0.3 is 15.0 Å². The number of hydrogen-bond donors (Lipinski definition) is 1. The molecule has 134 valence electrons. The van der Waals surface area contributed by atoms with Gasteiger partial charge in [0.25, 0.3) is 5.91 Å². The van der Waals surface area contributed by atoms with E-state index >= 15 is 0 Å². The van der Waals surface area contributed by atoms with E-state index in [1.807, 2.05) is 19.0 Å². The van der Waals surface area contributed by atoms with Crippen LogP contribution in [-0.4, -0.2) is 52.7 Å². The number of nitrogens with zero attached hydrogens (tertiary/aromatic N) is 1. The molecule has 0 saturated heterocycles. The van der Waals surface area contributed by atoms with Gasteiger partial charge in [0.1, 0.15) is 12.4 Å². The molecule has 0 saturated carbocycles. The maximum Gasteiger partial charge on any atom is 0.256 e. The maximum atomic E-state index is 12.4. The molecule has 2 aromatic rings. The van der Waals surface area contributed by atoms with Gasteiger partial charge in [0, 0.05) is 18.5 Å². The highest BCUT2D eigenvalue weighted by Crippen LogP contribution is 2.19. The zero-order chi connectivity index (χ0) is 18.4. The first-order valence-corrected chi connectivity index (χ1v) is 9.64. The first-order chi connectivity index (χ1) is 11.8. The van der Waals surface area contributed by atoms with E-state index in [9.17, 15) is 13.2 Å². The van der Waals surface area contributed by atoms with Crippen molar-refractivity contribution >= 4 is 21.4 Å². The maximum absolute atomic E-state index is 12.4. The third-order valence-electron chi connectivity index (χ3n) is 3.45. The van der Waals surface area contributed by atoms with Gasteiger partial charge in [-0.15, -0.1) is 0 Å². The van der Waals surface area contributed by atoms with Crippen LogP contribution in [0.15, 0.2) is 53.4 Å². The Morgan fingerprint density at radius 1 is 1.08 bits per heavy atom. The number of likely N-dealkylation sites (N-methyl/N-ethyl adjacent to an activating group) is 1. The monoisotopic (exact) mass is 362 g/mol. The second-order valence-electron chi connectivity index (χ2n) is 5.90. The van der Waals surface area contributed by atoms with Crippen LogP contribution in [0.5, 0.6) is 5.75 Å². The minimum absolute atomic E-state index is 0.0103. The molecule has 0 heterocycles. The molecule has 2 rings (SSSR count). The number of rotatable bonds is 7. The Bertz CT molecular complexity index is 830. The van der Waals surface area contributed by atoms with E-state index in [1.165, 1.54) is 12.1 Å². The summed E-state index contributed by atoms with van der Waals surface area (Å²) in [6.07, 6.45) is 1.08. The van der Waals surface area contributed by atoms with Gasteiger partial charge in [-0.1, -0.05) is 12.1 Å². The summed E-state index contributed by atoms with van der Waals surface area (Å²) in [5.74, 6) is 0.235. The van der Waals surface area contributed by atoms with E-state index in [0.29, 0.717) is 18.0 Å². The molecule has 1 N–H and O–H groups in total. The topological polar surface area (TPSA) is 75.7 Å². The van der Waals surface area contributed by atoms with Gasteiger partial charge >= 0.3 is 0 Å². The van der Waals surface area contributed by atoms with Crippen molar-refractivity contribution in [3.8, 4) is 5.75 Å². The molecule has 0 aromatic heterocycles. The normalized spacial score (nSPS) is 11.4. The van der Waals surface area contributed by atoms with Crippen molar-refractivity contribution in [2.75, 3.05) is 38.8 Å². The molecule has 7 heteroatoms. The lowest BCUT2D eigenvalue weighted by atomic mass is 10.2. The number of nitrogens with one attached hydrogen (secondary N) is 1. The van der Waals surface area contributed by atoms with E-state index in [0.717, 1.165) is 12.8 Å². The lowest BCUT2D eigenvalue weighted by Gasteiger charge is -2.12. The lowest BCUT2D eigenvalue weighted by molar-refractivity contribution is 0.102. The summed E-state index contributed by atoms with van der Waals surface area (Å²) >= 11 is 0. The average molecular weight is 362 g/mol. The smallest absolute Gasteiger partial charge is 0.256 e. The fraction of sp³-hybridized carbons (Fsp3) is 0.278. The minimum atomic E-state index is -3.48. The van der Waals surface area contributed by atoms with Crippen molar-refractivity contribution in [3.05, 3.63) is 54.1 Å². The number of sulfone groups is 1. The molecule has 0 spiro atoms. The molecule has 25 heavy (non-hydrogen) atoms. The van der Waals surface area contributed by atoms with Gasteiger partial charge in [-0.05, 0) is 50.5 Å². The van der Waals surface area contributed by atoms with E-state index in [1.54, 1.807) is 36.4 Å². The summed E-state index contributed by atoms with van der Waals surface area (Å²) in [7, 11) is 0.458. The molecule has 0 radical (unpaired) electrons. The molecular formula is C18H22N2O4S. The zero-order valence-corrected chi connectivity index (χ0v) is 15.3. The molecule has 0 aliphatic heterocycles. The number of amides is 1. The molecular weight excluding hydrogens is 340 g/mol. The van der Waals surface area contributed by atoms with Crippen LogP contribution in [0.3, 0.4) is 0 Å². The molecule has 0 unspecified atom stereocenters. The van der Waals surface area contributed by atoms with Crippen molar-refractivity contribution in [2.24, 2.45) is 0 Å².